The molecule has 1 aromatic heterocycles. The molecule has 0 aliphatic carbocycles. The summed E-state index contributed by atoms with van der Waals surface area (Å²) in [6, 6.07) is 8.42. The highest BCUT2D eigenvalue weighted by Crippen LogP contribution is 2.23. The molecule has 1 amide bonds. The van der Waals surface area contributed by atoms with Crippen molar-refractivity contribution in [2.45, 2.75) is 6.92 Å². The first-order valence-electron chi connectivity index (χ1n) is 6.36. The van der Waals surface area contributed by atoms with Gasteiger partial charge in [-0.3, -0.25) is 4.98 Å². The van der Waals surface area contributed by atoms with Gasteiger partial charge in [-0.05, 0) is 19.1 Å². The van der Waals surface area contributed by atoms with Crippen LogP contribution in [0, 0.1) is 12.7 Å². The smallest absolute Gasteiger partial charge is 0.428 e. The Morgan fingerprint density at radius 1 is 1.24 bits per heavy atom. The number of aryl methyl sites for hydroxylation is 1. The number of amides is 1. The standard InChI is InChI=1S/C15H12FN3O2/c1-9-2-3-11(7-17-9)12-5-4-10(6-13(12)16)14-8-21-15(20)19-18-14/h2-7H,8H2,1H3,(H,19,20). The molecule has 2 heterocycles. The van der Waals surface area contributed by atoms with Crippen LogP contribution in [-0.2, 0) is 4.74 Å². The summed E-state index contributed by atoms with van der Waals surface area (Å²) in [4.78, 5) is 15.0. The molecule has 2 aromatic rings. The van der Waals surface area contributed by atoms with Crippen LogP contribution in [0.3, 0.4) is 0 Å². The number of pyridine rings is 1. The highest BCUT2D eigenvalue weighted by molar-refractivity contribution is 6.03. The van der Waals surface area contributed by atoms with Crippen LogP contribution in [-0.4, -0.2) is 23.4 Å². The molecule has 1 aromatic carbocycles. The minimum atomic E-state index is -0.610. The molecule has 1 aliphatic heterocycles. The predicted molar refractivity (Wildman–Crippen MR) is 75.4 cm³/mol. The Hall–Kier alpha value is -2.76. The SMILES string of the molecule is Cc1ccc(-c2ccc(C3=NNC(=O)OC3)cc2F)cn1. The van der Waals surface area contributed by atoms with Crippen LogP contribution >= 0.6 is 0 Å². The monoisotopic (exact) mass is 285 g/mol. The lowest BCUT2D eigenvalue weighted by atomic mass is 10.0. The lowest BCUT2D eigenvalue weighted by molar-refractivity contribution is 0.157. The third kappa shape index (κ3) is 2.74. The Kier molecular flexibility index (Phi) is 3.35. The quantitative estimate of drug-likeness (QED) is 0.922. The molecule has 21 heavy (non-hydrogen) atoms. The van der Waals surface area contributed by atoms with Crippen molar-refractivity contribution in [2.75, 3.05) is 6.61 Å². The number of nitrogens with zero attached hydrogens (tertiary/aromatic N) is 2. The van der Waals surface area contributed by atoms with Gasteiger partial charge in [0.2, 0.25) is 0 Å². The highest BCUT2D eigenvalue weighted by Gasteiger charge is 2.15. The van der Waals surface area contributed by atoms with Gasteiger partial charge in [0.05, 0.1) is 0 Å². The van der Waals surface area contributed by atoms with Gasteiger partial charge in [-0.25, -0.2) is 14.6 Å². The normalized spacial score (nSPS) is 14.2. The van der Waals surface area contributed by atoms with Crippen LogP contribution in [0.25, 0.3) is 11.1 Å². The summed E-state index contributed by atoms with van der Waals surface area (Å²) >= 11 is 0. The average Bonchev–Trinajstić information content (AvgIpc) is 2.49. The minimum absolute atomic E-state index is 0.0245. The van der Waals surface area contributed by atoms with Gasteiger partial charge in [-0.1, -0.05) is 18.2 Å². The summed E-state index contributed by atoms with van der Waals surface area (Å²) in [5, 5.41) is 3.85. The number of nitrogens with one attached hydrogen (secondary N) is 1. The second-order valence-electron chi connectivity index (χ2n) is 4.63. The minimum Gasteiger partial charge on any atom is -0.442 e. The van der Waals surface area contributed by atoms with Crippen molar-refractivity contribution in [3.63, 3.8) is 0 Å². The van der Waals surface area contributed by atoms with Crippen LogP contribution < -0.4 is 5.43 Å². The molecule has 0 radical (unpaired) electrons. The van der Waals surface area contributed by atoms with Gasteiger partial charge in [-0.15, -0.1) is 0 Å². The van der Waals surface area contributed by atoms with E-state index < -0.39 is 6.09 Å². The van der Waals surface area contributed by atoms with Crippen LogP contribution in [0.2, 0.25) is 0 Å². The number of ether oxygens (including phenoxy) is 1. The Bertz CT molecular complexity index is 726. The second kappa shape index (κ2) is 5.32. The fourth-order valence-corrected chi connectivity index (χ4v) is 2.02. The molecule has 0 saturated heterocycles. The molecule has 3 rings (SSSR count). The summed E-state index contributed by atoms with van der Waals surface area (Å²) in [7, 11) is 0. The van der Waals surface area contributed by atoms with Gasteiger partial charge < -0.3 is 4.74 Å². The predicted octanol–water partition coefficient (Wildman–Crippen LogP) is 2.64. The van der Waals surface area contributed by atoms with E-state index in [-0.39, 0.29) is 12.4 Å². The molecule has 106 valence electrons. The highest BCUT2D eigenvalue weighted by atomic mass is 19.1. The van der Waals surface area contributed by atoms with Crippen molar-refractivity contribution >= 4 is 11.8 Å². The number of benzene rings is 1. The molecule has 1 aliphatic rings. The van der Waals surface area contributed by atoms with Crippen LogP contribution in [0.1, 0.15) is 11.3 Å². The molecule has 0 fully saturated rings. The molecule has 1 N–H and O–H groups in total. The lowest BCUT2D eigenvalue weighted by Crippen LogP contribution is -2.30. The molecule has 5 nitrogen and oxygen atoms in total. The van der Waals surface area contributed by atoms with E-state index in [1.54, 1.807) is 18.3 Å². The van der Waals surface area contributed by atoms with Crippen LogP contribution in [0.5, 0.6) is 0 Å². The molecule has 0 bridgehead atoms. The first kappa shape index (κ1) is 13.2. The summed E-state index contributed by atoms with van der Waals surface area (Å²) in [6.45, 7) is 1.90. The maximum absolute atomic E-state index is 14.3. The van der Waals surface area contributed by atoms with Crippen molar-refractivity contribution < 1.29 is 13.9 Å². The van der Waals surface area contributed by atoms with Crippen LogP contribution in [0.15, 0.2) is 41.6 Å². The zero-order chi connectivity index (χ0) is 14.8. The van der Waals surface area contributed by atoms with Crippen LogP contribution in [0.4, 0.5) is 9.18 Å². The van der Waals surface area contributed by atoms with E-state index in [2.05, 4.69) is 15.5 Å². The van der Waals surface area contributed by atoms with E-state index in [9.17, 15) is 9.18 Å². The third-order valence-corrected chi connectivity index (χ3v) is 3.15. The molecular formula is C15H12FN3O2. The molecule has 0 saturated carbocycles. The van der Waals surface area contributed by atoms with Gasteiger partial charge in [0, 0.05) is 28.6 Å². The van der Waals surface area contributed by atoms with E-state index in [0.717, 1.165) is 5.69 Å². The number of aromatic nitrogens is 1. The summed E-state index contributed by atoms with van der Waals surface area (Å²) in [6.07, 6.45) is 1.02. The first-order valence-corrected chi connectivity index (χ1v) is 6.36. The van der Waals surface area contributed by atoms with E-state index in [0.29, 0.717) is 22.4 Å². The number of hydrogen-bond donors (Lipinski definition) is 1. The van der Waals surface area contributed by atoms with E-state index in [1.807, 2.05) is 19.1 Å². The molecule has 0 spiro atoms. The van der Waals surface area contributed by atoms with Gasteiger partial charge in [0.15, 0.2) is 0 Å². The van der Waals surface area contributed by atoms with Crippen molar-refractivity contribution in [1.29, 1.82) is 0 Å². The number of hydrogen-bond acceptors (Lipinski definition) is 4. The number of cyclic esters (lactones) is 1. The van der Waals surface area contributed by atoms with E-state index in [4.69, 9.17) is 4.74 Å². The summed E-state index contributed by atoms with van der Waals surface area (Å²) < 4.78 is 19.1. The molecule has 6 heteroatoms. The van der Waals surface area contributed by atoms with Crippen molar-refractivity contribution in [3.8, 4) is 11.1 Å². The first-order chi connectivity index (χ1) is 10.1. The topological polar surface area (TPSA) is 63.6 Å². The maximum Gasteiger partial charge on any atom is 0.428 e. The molecular weight excluding hydrogens is 273 g/mol. The summed E-state index contributed by atoms with van der Waals surface area (Å²) in [5.74, 6) is -0.377. The largest absolute Gasteiger partial charge is 0.442 e. The fourth-order valence-electron chi connectivity index (χ4n) is 2.02. The third-order valence-electron chi connectivity index (χ3n) is 3.15. The Labute approximate surface area is 120 Å². The van der Waals surface area contributed by atoms with Gasteiger partial charge in [-0.2, -0.15) is 5.10 Å². The van der Waals surface area contributed by atoms with Gasteiger partial charge in [0.25, 0.3) is 0 Å². The Balaban J connectivity index is 1.93. The van der Waals surface area contributed by atoms with Crippen molar-refractivity contribution in [2.24, 2.45) is 5.10 Å². The zero-order valence-electron chi connectivity index (χ0n) is 11.3. The number of halogens is 1. The lowest BCUT2D eigenvalue weighted by Gasteiger charge is -2.14. The van der Waals surface area contributed by atoms with Crippen molar-refractivity contribution in [3.05, 3.63) is 53.6 Å². The summed E-state index contributed by atoms with van der Waals surface area (Å²) in [5.41, 5.74) is 5.29. The van der Waals surface area contributed by atoms with E-state index >= 15 is 0 Å². The van der Waals surface area contributed by atoms with Crippen molar-refractivity contribution in [1.82, 2.24) is 10.4 Å². The zero-order valence-corrected chi connectivity index (χ0v) is 11.3. The average molecular weight is 285 g/mol. The number of carbonyl (C=O) groups excluding carboxylic acids is 1. The maximum atomic E-state index is 14.3. The number of rotatable bonds is 2. The number of carbonyl (C=O) groups is 1. The fraction of sp³-hybridized carbons (Fsp3) is 0.133. The Morgan fingerprint density at radius 2 is 2.05 bits per heavy atom. The molecule has 0 unspecified atom stereocenters. The van der Waals surface area contributed by atoms with Gasteiger partial charge >= 0.3 is 6.09 Å². The second-order valence-corrected chi connectivity index (χ2v) is 4.63. The molecule has 0 atom stereocenters. The van der Waals surface area contributed by atoms with E-state index in [1.165, 1.54) is 6.07 Å². The van der Waals surface area contributed by atoms with Gasteiger partial charge in [0.1, 0.15) is 18.1 Å². The number of hydrazone groups is 1. The Morgan fingerprint density at radius 3 is 2.67 bits per heavy atom.